The number of H-pyrrole nitrogens is 1. The summed E-state index contributed by atoms with van der Waals surface area (Å²) in [6.07, 6.45) is 5.46. The van der Waals surface area contributed by atoms with Gasteiger partial charge in [-0.1, -0.05) is 19.9 Å². The second-order valence-corrected chi connectivity index (χ2v) is 7.30. The van der Waals surface area contributed by atoms with Crippen LogP contribution in [0.2, 0.25) is 0 Å². The van der Waals surface area contributed by atoms with Crippen molar-refractivity contribution in [2.45, 2.75) is 32.2 Å². The molecule has 2 aliphatic rings. The van der Waals surface area contributed by atoms with E-state index in [9.17, 15) is 9.59 Å². The summed E-state index contributed by atoms with van der Waals surface area (Å²) >= 11 is 0. The molecule has 134 valence electrons. The smallest absolute Gasteiger partial charge is 0.269 e. The molecular formula is C20H21N3O3. The van der Waals surface area contributed by atoms with Gasteiger partial charge in [0.15, 0.2) is 0 Å². The Kier molecular flexibility index (Phi) is 3.47. The maximum atomic E-state index is 12.6. The SMILES string of the molecule is COc1ccc2c3c([nH]c2c1)C(C)(C)/C=C\N1C(=O)[C@@H](C)NC(=O)/C1=C/3. The van der Waals surface area contributed by atoms with Crippen LogP contribution in [0.4, 0.5) is 0 Å². The van der Waals surface area contributed by atoms with Crippen LogP contribution in [0.3, 0.4) is 0 Å². The minimum atomic E-state index is -0.543. The van der Waals surface area contributed by atoms with Gasteiger partial charge in [-0.3, -0.25) is 14.5 Å². The molecule has 3 heterocycles. The normalized spacial score (nSPS) is 24.7. The first kappa shape index (κ1) is 16.4. The molecule has 2 amide bonds. The van der Waals surface area contributed by atoms with Crippen molar-refractivity contribution in [3.63, 3.8) is 0 Å². The molecule has 1 fully saturated rings. The van der Waals surface area contributed by atoms with Gasteiger partial charge in [0.25, 0.3) is 11.8 Å². The van der Waals surface area contributed by atoms with Gasteiger partial charge in [-0.05, 0) is 25.1 Å². The fraction of sp³-hybridized carbons (Fsp3) is 0.300. The molecule has 2 N–H and O–H groups in total. The summed E-state index contributed by atoms with van der Waals surface area (Å²) in [5.74, 6) is 0.358. The predicted octanol–water partition coefficient (Wildman–Crippen LogP) is 2.67. The third kappa shape index (κ3) is 2.33. The van der Waals surface area contributed by atoms with Crippen LogP contribution in [-0.4, -0.2) is 34.8 Å². The summed E-state index contributed by atoms with van der Waals surface area (Å²) in [6, 6.07) is 5.25. The van der Waals surface area contributed by atoms with E-state index < -0.39 is 6.04 Å². The van der Waals surface area contributed by atoms with Crippen LogP contribution in [-0.2, 0) is 15.0 Å². The van der Waals surface area contributed by atoms with E-state index in [1.807, 2.05) is 24.3 Å². The van der Waals surface area contributed by atoms with Crippen LogP contribution < -0.4 is 10.1 Å². The number of allylic oxidation sites excluding steroid dienone is 1. The summed E-state index contributed by atoms with van der Waals surface area (Å²) in [6.45, 7) is 5.84. The van der Waals surface area contributed by atoms with E-state index >= 15 is 0 Å². The van der Waals surface area contributed by atoms with Crippen LogP contribution in [0.25, 0.3) is 17.0 Å². The van der Waals surface area contributed by atoms with Crippen LogP contribution >= 0.6 is 0 Å². The number of carbonyl (C=O) groups is 2. The van der Waals surface area contributed by atoms with E-state index in [0.29, 0.717) is 5.70 Å². The highest BCUT2D eigenvalue weighted by Gasteiger charge is 2.36. The van der Waals surface area contributed by atoms with E-state index in [2.05, 4.69) is 24.1 Å². The van der Waals surface area contributed by atoms with Crippen molar-refractivity contribution in [1.29, 1.82) is 0 Å². The van der Waals surface area contributed by atoms with Gasteiger partial charge < -0.3 is 15.0 Å². The van der Waals surface area contributed by atoms with Crippen molar-refractivity contribution in [3.05, 3.63) is 47.4 Å². The number of amides is 2. The van der Waals surface area contributed by atoms with Crippen LogP contribution in [0.5, 0.6) is 5.75 Å². The number of fused-ring (bicyclic) bond motifs is 4. The van der Waals surface area contributed by atoms with E-state index in [1.54, 1.807) is 26.3 Å². The monoisotopic (exact) mass is 351 g/mol. The van der Waals surface area contributed by atoms with Crippen molar-refractivity contribution in [3.8, 4) is 5.75 Å². The molecule has 1 aromatic heterocycles. The molecule has 0 radical (unpaired) electrons. The zero-order chi connectivity index (χ0) is 18.6. The number of aromatic nitrogens is 1. The average molecular weight is 351 g/mol. The Bertz CT molecular complexity index is 997. The predicted molar refractivity (Wildman–Crippen MR) is 99.4 cm³/mol. The number of carbonyl (C=O) groups excluding carboxylic acids is 2. The highest BCUT2D eigenvalue weighted by atomic mass is 16.5. The van der Waals surface area contributed by atoms with Crippen molar-refractivity contribution in [1.82, 2.24) is 15.2 Å². The molecule has 0 spiro atoms. The lowest BCUT2D eigenvalue weighted by Gasteiger charge is -2.33. The molecule has 0 unspecified atom stereocenters. The second kappa shape index (κ2) is 5.49. The fourth-order valence-electron chi connectivity index (χ4n) is 3.52. The maximum Gasteiger partial charge on any atom is 0.269 e. The Hall–Kier alpha value is -3.02. The molecule has 26 heavy (non-hydrogen) atoms. The Labute approximate surface area is 151 Å². The fourth-order valence-corrected chi connectivity index (χ4v) is 3.52. The Morgan fingerprint density at radius 3 is 2.73 bits per heavy atom. The van der Waals surface area contributed by atoms with Crippen molar-refractivity contribution in [2.75, 3.05) is 7.11 Å². The molecule has 0 saturated carbocycles. The van der Waals surface area contributed by atoms with E-state index in [1.165, 1.54) is 4.90 Å². The molecule has 6 heteroatoms. The number of piperazine rings is 1. The Morgan fingerprint density at radius 1 is 1.23 bits per heavy atom. The minimum Gasteiger partial charge on any atom is -0.497 e. The quantitative estimate of drug-likeness (QED) is 0.829. The molecular weight excluding hydrogens is 330 g/mol. The molecule has 0 aliphatic carbocycles. The van der Waals surface area contributed by atoms with E-state index in [0.717, 1.165) is 27.9 Å². The van der Waals surface area contributed by atoms with Gasteiger partial charge in [-0.2, -0.15) is 0 Å². The van der Waals surface area contributed by atoms with Crippen LogP contribution in [0.1, 0.15) is 32.0 Å². The van der Waals surface area contributed by atoms with E-state index in [-0.39, 0.29) is 17.2 Å². The molecule has 2 aromatic rings. The van der Waals surface area contributed by atoms with Gasteiger partial charge in [0, 0.05) is 39.8 Å². The van der Waals surface area contributed by atoms with Gasteiger partial charge in [-0.15, -0.1) is 0 Å². The first-order valence-corrected chi connectivity index (χ1v) is 8.57. The lowest BCUT2D eigenvalue weighted by Crippen LogP contribution is -2.53. The molecule has 2 aliphatic heterocycles. The van der Waals surface area contributed by atoms with E-state index in [4.69, 9.17) is 4.74 Å². The van der Waals surface area contributed by atoms with Crippen LogP contribution in [0.15, 0.2) is 36.2 Å². The largest absolute Gasteiger partial charge is 0.497 e. The molecule has 6 nitrogen and oxygen atoms in total. The third-order valence-electron chi connectivity index (χ3n) is 5.06. The number of hydrogen-bond acceptors (Lipinski definition) is 3. The first-order chi connectivity index (χ1) is 12.3. The number of nitrogens with zero attached hydrogens (tertiary/aromatic N) is 1. The summed E-state index contributed by atoms with van der Waals surface area (Å²) < 4.78 is 5.32. The van der Waals surface area contributed by atoms with Crippen molar-refractivity contribution >= 4 is 28.8 Å². The first-order valence-electron chi connectivity index (χ1n) is 8.57. The number of ether oxygens (including phenoxy) is 1. The number of hydrogen-bond donors (Lipinski definition) is 2. The summed E-state index contributed by atoms with van der Waals surface area (Å²) in [5.41, 5.74) is 2.81. The maximum absolute atomic E-state index is 12.6. The highest BCUT2D eigenvalue weighted by Crippen LogP contribution is 2.37. The molecule has 1 atom stereocenters. The van der Waals surface area contributed by atoms with Gasteiger partial charge >= 0.3 is 0 Å². The minimum absolute atomic E-state index is 0.145. The van der Waals surface area contributed by atoms with Gasteiger partial charge in [-0.25, -0.2) is 0 Å². The molecule has 1 aromatic carbocycles. The van der Waals surface area contributed by atoms with Gasteiger partial charge in [0.2, 0.25) is 0 Å². The molecule has 0 bridgehead atoms. The van der Waals surface area contributed by atoms with Gasteiger partial charge in [0.05, 0.1) is 7.11 Å². The molecule has 4 rings (SSSR count). The zero-order valence-corrected chi connectivity index (χ0v) is 15.2. The standard InChI is InChI=1S/C20H21N3O3/c1-11-19(25)23-8-7-20(2,3)17-14(10-16(23)18(24)21-11)13-6-5-12(26-4)9-15(13)22-17/h5-11,22H,1-4H3,(H,21,24)/b8-7-,16-10-/t11-/m1/s1. The number of benzene rings is 1. The van der Waals surface area contributed by atoms with Crippen molar-refractivity contribution < 1.29 is 14.3 Å². The third-order valence-corrected chi connectivity index (χ3v) is 5.06. The number of rotatable bonds is 1. The van der Waals surface area contributed by atoms with Gasteiger partial charge in [0.1, 0.15) is 17.5 Å². The van der Waals surface area contributed by atoms with Crippen molar-refractivity contribution in [2.24, 2.45) is 0 Å². The average Bonchev–Trinajstić information content (AvgIpc) is 2.96. The lowest BCUT2D eigenvalue weighted by molar-refractivity contribution is -0.137. The summed E-state index contributed by atoms with van der Waals surface area (Å²) in [5, 5.41) is 3.71. The lowest BCUT2D eigenvalue weighted by atomic mass is 9.85. The summed E-state index contributed by atoms with van der Waals surface area (Å²) in [7, 11) is 1.63. The number of aromatic amines is 1. The van der Waals surface area contributed by atoms with Crippen LogP contribution in [0, 0.1) is 0 Å². The Morgan fingerprint density at radius 2 is 2.00 bits per heavy atom. The zero-order valence-electron chi connectivity index (χ0n) is 15.2. The number of methoxy groups -OCH3 is 1. The Balaban J connectivity index is 2.01. The second-order valence-electron chi connectivity index (χ2n) is 7.30. The summed E-state index contributed by atoms with van der Waals surface area (Å²) in [4.78, 5) is 30.0. The molecule has 1 saturated heterocycles. The number of nitrogens with one attached hydrogen (secondary N) is 2. The highest BCUT2D eigenvalue weighted by molar-refractivity contribution is 6.09. The topological polar surface area (TPSA) is 74.4 Å².